The molecule has 0 amide bonds. The molecule has 0 aliphatic carbocycles. The first kappa shape index (κ1) is 21.9. The van der Waals surface area contributed by atoms with E-state index in [1.165, 1.54) is 0 Å². The normalized spacial score (nSPS) is 14.5. The maximum atomic E-state index is 11.4. The molecule has 0 saturated carbocycles. The minimum Gasteiger partial charge on any atom is -0.481 e. The van der Waals surface area contributed by atoms with Gasteiger partial charge in [-0.25, -0.2) is 0 Å². The van der Waals surface area contributed by atoms with Crippen LogP contribution in [-0.4, -0.2) is 44.3 Å². The van der Waals surface area contributed by atoms with Gasteiger partial charge in [0.05, 0.1) is 24.2 Å². The van der Waals surface area contributed by atoms with E-state index in [1.54, 1.807) is 0 Å². The third-order valence-electron chi connectivity index (χ3n) is 4.08. The fourth-order valence-electron chi connectivity index (χ4n) is 2.70. The van der Waals surface area contributed by atoms with E-state index in [9.17, 15) is 29.4 Å². The highest BCUT2D eigenvalue weighted by molar-refractivity contribution is 5.80. The van der Waals surface area contributed by atoms with Crippen molar-refractivity contribution in [3.05, 3.63) is 0 Å². The number of carboxylic acid groups (broad SMARTS) is 4. The second kappa shape index (κ2) is 11.4. The number of unbranched alkanes of at least 4 members (excludes halogenated alkanes) is 2. The van der Waals surface area contributed by atoms with Gasteiger partial charge < -0.3 is 20.4 Å². The zero-order chi connectivity index (χ0) is 18.7. The first-order chi connectivity index (χ1) is 11.2. The van der Waals surface area contributed by atoms with Crippen LogP contribution < -0.4 is 0 Å². The highest BCUT2D eigenvalue weighted by atomic mass is 16.4. The molecule has 0 aliphatic heterocycles. The van der Waals surface area contributed by atoms with E-state index in [-0.39, 0.29) is 12.8 Å². The maximum absolute atomic E-state index is 11.4. The van der Waals surface area contributed by atoms with Crippen LogP contribution in [0.25, 0.3) is 0 Å². The predicted octanol–water partition coefficient (Wildman–Crippen LogP) is 2.31. The van der Waals surface area contributed by atoms with Crippen LogP contribution >= 0.6 is 0 Å². The van der Waals surface area contributed by atoms with Crippen molar-refractivity contribution in [2.24, 2.45) is 17.8 Å². The summed E-state index contributed by atoms with van der Waals surface area (Å²) in [5, 5.41) is 36.1. The Kier molecular flexibility index (Phi) is 10.4. The van der Waals surface area contributed by atoms with E-state index >= 15 is 0 Å². The lowest BCUT2D eigenvalue weighted by Gasteiger charge is -2.20. The van der Waals surface area contributed by atoms with Crippen molar-refractivity contribution in [3.8, 4) is 0 Å². The minimum atomic E-state index is -1.20. The van der Waals surface area contributed by atoms with E-state index in [0.29, 0.717) is 25.7 Å². The van der Waals surface area contributed by atoms with Gasteiger partial charge in [-0.15, -0.1) is 0 Å². The Morgan fingerprint density at radius 2 is 1.17 bits per heavy atom. The van der Waals surface area contributed by atoms with Crippen LogP contribution in [0.3, 0.4) is 0 Å². The van der Waals surface area contributed by atoms with Gasteiger partial charge in [-0.05, 0) is 19.3 Å². The average molecular weight is 346 g/mol. The van der Waals surface area contributed by atoms with Crippen molar-refractivity contribution >= 4 is 23.9 Å². The molecule has 0 bridgehead atoms. The summed E-state index contributed by atoms with van der Waals surface area (Å²) in [6.45, 7) is 1.89. The number of hydrogen-bond acceptors (Lipinski definition) is 4. The molecule has 0 aromatic carbocycles. The molecule has 24 heavy (non-hydrogen) atoms. The average Bonchev–Trinajstić information content (AvgIpc) is 2.46. The molecule has 8 nitrogen and oxygen atoms in total. The molecule has 0 aliphatic rings. The van der Waals surface area contributed by atoms with Gasteiger partial charge >= 0.3 is 23.9 Å². The summed E-state index contributed by atoms with van der Waals surface area (Å²) in [4.78, 5) is 44.2. The Morgan fingerprint density at radius 1 is 0.708 bits per heavy atom. The van der Waals surface area contributed by atoms with E-state index < -0.39 is 48.1 Å². The van der Waals surface area contributed by atoms with Crippen LogP contribution in [0, 0.1) is 17.8 Å². The molecular formula is C16H26O8. The van der Waals surface area contributed by atoms with Crippen LogP contribution in [0.2, 0.25) is 0 Å². The van der Waals surface area contributed by atoms with Gasteiger partial charge in [-0.1, -0.05) is 32.6 Å². The number of aliphatic carboxylic acids is 4. The summed E-state index contributed by atoms with van der Waals surface area (Å²) in [5.41, 5.74) is 0. The number of hydrogen-bond donors (Lipinski definition) is 4. The van der Waals surface area contributed by atoms with Gasteiger partial charge in [-0.2, -0.15) is 0 Å². The SMILES string of the molecule is CCCCC(C(=O)O)C(CCCCC(CC(=O)O)C(=O)O)C(=O)O. The van der Waals surface area contributed by atoms with Crippen molar-refractivity contribution in [2.45, 2.75) is 58.3 Å². The first-order valence-electron chi connectivity index (χ1n) is 8.10. The van der Waals surface area contributed by atoms with Gasteiger partial charge in [0.25, 0.3) is 0 Å². The topological polar surface area (TPSA) is 149 Å². The summed E-state index contributed by atoms with van der Waals surface area (Å²) in [6.07, 6.45) is 2.15. The predicted molar refractivity (Wildman–Crippen MR) is 83.6 cm³/mol. The minimum absolute atomic E-state index is 0.126. The third-order valence-corrected chi connectivity index (χ3v) is 4.08. The molecule has 138 valence electrons. The van der Waals surface area contributed by atoms with Crippen LogP contribution in [0.1, 0.15) is 58.3 Å². The van der Waals surface area contributed by atoms with Gasteiger partial charge in [0.1, 0.15) is 0 Å². The standard InChI is InChI=1S/C16H26O8/c1-2-3-7-11(15(21)22)12(16(23)24)8-5-4-6-10(14(19)20)9-13(17)18/h10-12H,2-9H2,1H3,(H,17,18)(H,19,20)(H,21,22)(H,23,24). The molecule has 0 radical (unpaired) electrons. The summed E-state index contributed by atoms with van der Waals surface area (Å²) in [6, 6.07) is 0. The summed E-state index contributed by atoms with van der Waals surface area (Å²) in [5.74, 6) is -7.69. The van der Waals surface area contributed by atoms with Crippen LogP contribution in [0.15, 0.2) is 0 Å². The summed E-state index contributed by atoms with van der Waals surface area (Å²) >= 11 is 0. The Balaban J connectivity index is 4.57. The van der Waals surface area contributed by atoms with Gasteiger partial charge in [-0.3, -0.25) is 19.2 Å². The van der Waals surface area contributed by atoms with E-state index in [1.807, 2.05) is 6.92 Å². The van der Waals surface area contributed by atoms with Crippen LogP contribution in [-0.2, 0) is 19.2 Å². The van der Waals surface area contributed by atoms with Crippen LogP contribution in [0.4, 0.5) is 0 Å². The van der Waals surface area contributed by atoms with Crippen molar-refractivity contribution < 1.29 is 39.6 Å². The molecule has 3 unspecified atom stereocenters. The van der Waals surface area contributed by atoms with Gasteiger partial charge in [0.15, 0.2) is 0 Å². The zero-order valence-electron chi connectivity index (χ0n) is 13.8. The van der Waals surface area contributed by atoms with Crippen molar-refractivity contribution in [1.29, 1.82) is 0 Å². The lowest BCUT2D eigenvalue weighted by molar-refractivity contribution is -0.154. The molecule has 3 atom stereocenters. The maximum Gasteiger partial charge on any atom is 0.307 e. The molecular weight excluding hydrogens is 320 g/mol. The Hall–Kier alpha value is -2.12. The monoisotopic (exact) mass is 346 g/mol. The van der Waals surface area contributed by atoms with Crippen molar-refractivity contribution in [2.75, 3.05) is 0 Å². The number of carboxylic acids is 4. The molecule has 8 heteroatoms. The molecule has 0 fully saturated rings. The molecule has 0 heterocycles. The fourth-order valence-corrected chi connectivity index (χ4v) is 2.70. The van der Waals surface area contributed by atoms with E-state index in [0.717, 1.165) is 6.42 Å². The molecule has 0 spiro atoms. The van der Waals surface area contributed by atoms with Crippen molar-refractivity contribution in [3.63, 3.8) is 0 Å². The summed E-state index contributed by atoms with van der Waals surface area (Å²) in [7, 11) is 0. The zero-order valence-corrected chi connectivity index (χ0v) is 13.8. The molecule has 0 aromatic heterocycles. The molecule has 0 rings (SSSR count). The fraction of sp³-hybridized carbons (Fsp3) is 0.750. The molecule has 0 saturated heterocycles. The van der Waals surface area contributed by atoms with Gasteiger partial charge in [0.2, 0.25) is 0 Å². The molecule has 4 N–H and O–H groups in total. The largest absolute Gasteiger partial charge is 0.481 e. The van der Waals surface area contributed by atoms with E-state index in [2.05, 4.69) is 0 Å². The lowest BCUT2D eigenvalue weighted by Crippen LogP contribution is -2.30. The third kappa shape index (κ3) is 8.50. The van der Waals surface area contributed by atoms with E-state index in [4.69, 9.17) is 10.2 Å². The lowest BCUT2D eigenvalue weighted by atomic mass is 9.84. The Bertz CT molecular complexity index is 445. The second-order valence-electron chi connectivity index (χ2n) is 5.95. The van der Waals surface area contributed by atoms with Crippen molar-refractivity contribution in [1.82, 2.24) is 0 Å². The quantitative estimate of drug-likeness (QED) is 0.350. The second-order valence-corrected chi connectivity index (χ2v) is 5.95. The van der Waals surface area contributed by atoms with Crippen LogP contribution in [0.5, 0.6) is 0 Å². The number of rotatable bonds is 14. The highest BCUT2D eigenvalue weighted by Crippen LogP contribution is 2.26. The first-order valence-corrected chi connectivity index (χ1v) is 8.10. The Labute approximate surface area is 140 Å². The highest BCUT2D eigenvalue weighted by Gasteiger charge is 2.32. The molecule has 0 aromatic rings. The summed E-state index contributed by atoms with van der Waals surface area (Å²) < 4.78 is 0. The Morgan fingerprint density at radius 3 is 1.54 bits per heavy atom. The number of carbonyl (C=O) groups is 4. The smallest absolute Gasteiger partial charge is 0.307 e. The van der Waals surface area contributed by atoms with Gasteiger partial charge in [0, 0.05) is 0 Å².